The second-order valence-electron chi connectivity index (χ2n) is 7.90. The predicted octanol–water partition coefficient (Wildman–Crippen LogP) is 5.79. The summed E-state index contributed by atoms with van der Waals surface area (Å²) < 4.78 is 7.49. The Morgan fingerprint density at radius 1 is 0.844 bits per heavy atom. The summed E-state index contributed by atoms with van der Waals surface area (Å²) in [5, 5.41) is 1.06. The number of hydrogen-bond donors (Lipinski definition) is 0. The molecule has 1 aliphatic heterocycles. The molecule has 5 nitrogen and oxygen atoms in total. The van der Waals surface area contributed by atoms with Crippen LogP contribution in [-0.2, 0) is 6.42 Å². The van der Waals surface area contributed by atoms with Crippen LogP contribution in [0.5, 0.6) is 5.75 Å². The van der Waals surface area contributed by atoms with Gasteiger partial charge in [-0.3, -0.25) is 0 Å². The van der Waals surface area contributed by atoms with Gasteiger partial charge in [-0.25, -0.2) is 9.97 Å². The SMILES string of the molecule is COc1ccc(-n2cc(-c3ccccc3)c3c(N4CCc5ccccc54)ncnc32)cc1. The number of methoxy groups -OCH3 is 1. The summed E-state index contributed by atoms with van der Waals surface area (Å²) in [4.78, 5) is 11.8. The molecule has 0 aliphatic carbocycles. The van der Waals surface area contributed by atoms with E-state index in [1.54, 1.807) is 13.4 Å². The Labute approximate surface area is 186 Å². The zero-order valence-electron chi connectivity index (χ0n) is 17.8. The summed E-state index contributed by atoms with van der Waals surface area (Å²) in [6.07, 6.45) is 4.86. The Bertz CT molecular complexity index is 1410. The van der Waals surface area contributed by atoms with Crippen molar-refractivity contribution < 1.29 is 4.74 Å². The maximum absolute atomic E-state index is 5.35. The Morgan fingerprint density at radius 3 is 2.44 bits per heavy atom. The van der Waals surface area contributed by atoms with Crippen molar-refractivity contribution >= 4 is 22.5 Å². The number of fused-ring (bicyclic) bond motifs is 2. The topological polar surface area (TPSA) is 43.2 Å². The smallest absolute Gasteiger partial charge is 0.150 e. The molecule has 0 amide bonds. The van der Waals surface area contributed by atoms with Crippen LogP contribution in [0.15, 0.2) is 91.4 Å². The second kappa shape index (κ2) is 7.54. The Kier molecular flexibility index (Phi) is 4.39. The van der Waals surface area contributed by atoms with Crippen LogP contribution in [0.4, 0.5) is 11.5 Å². The summed E-state index contributed by atoms with van der Waals surface area (Å²) in [5.41, 5.74) is 6.77. The third kappa shape index (κ3) is 2.94. The molecule has 3 aromatic carbocycles. The number of rotatable bonds is 4. The molecule has 5 aromatic rings. The lowest BCUT2D eigenvalue weighted by atomic mass is 10.1. The first-order valence-electron chi connectivity index (χ1n) is 10.7. The van der Waals surface area contributed by atoms with Crippen LogP contribution in [0.2, 0.25) is 0 Å². The first kappa shape index (κ1) is 18.6. The average molecular weight is 419 g/mol. The van der Waals surface area contributed by atoms with Gasteiger partial charge >= 0.3 is 0 Å². The Hall–Kier alpha value is -4.12. The zero-order chi connectivity index (χ0) is 21.5. The fourth-order valence-electron chi connectivity index (χ4n) is 4.58. The van der Waals surface area contributed by atoms with Gasteiger partial charge < -0.3 is 14.2 Å². The molecule has 0 saturated heterocycles. The van der Waals surface area contributed by atoms with Gasteiger partial charge in [-0.15, -0.1) is 0 Å². The van der Waals surface area contributed by atoms with Crippen LogP contribution in [0.1, 0.15) is 5.56 Å². The molecular weight excluding hydrogens is 396 g/mol. The summed E-state index contributed by atoms with van der Waals surface area (Å²) in [6, 6.07) is 27.1. The van der Waals surface area contributed by atoms with Gasteiger partial charge in [0.2, 0.25) is 0 Å². The van der Waals surface area contributed by atoms with E-state index in [0.717, 1.165) is 52.4 Å². The largest absolute Gasteiger partial charge is 0.497 e. The van der Waals surface area contributed by atoms with E-state index in [9.17, 15) is 0 Å². The Balaban J connectivity index is 1.61. The van der Waals surface area contributed by atoms with E-state index in [0.29, 0.717) is 0 Å². The third-order valence-corrected chi connectivity index (χ3v) is 6.14. The number of anilines is 2. The van der Waals surface area contributed by atoms with Crippen molar-refractivity contribution in [2.75, 3.05) is 18.6 Å². The van der Waals surface area contributed by atoms with Crippen molar-refractivity contribution in [2.24, 2.45) is 0 Å². The van der Waals surface area contributed by atoms with E-state index in [4.69, 9.17) is 14.7 Å². The molecule has 156 valence electrons. The maximum atomic E-state index is 5.35. The first-order chi connectivity index (χ1) is 15.8. The molecule has 0 atom stereocenters. The van der Waals surface area contributed by atoms with Crippen LogP contribution in [0.25, 0.3) is 27.8 Å². The van der Waals surface area contributed by atoms with Crippen LogP contribution in [0, 0.1) is 0 Å². The van der Waals surface area contributed by atoms with E-state index in [-0.39, 0.29) is 0 Å². The summed E-state index contributed by atoms with van der Waals surface area (Å²) >= 11 is 0. The average Bonchev–Trinajstić information content (AvgIpc) is 3.47. The molecule has 32 heavy (non-hydrogen) atoms. The standard InChI is InChI=1S/C27H22N4O/c1-32-22-13-11-21(12-14-22)31-17-23(19-7-3-2-4-8-19)25-26(28-18-29-27(25)31)30-16-15-20-9-5-6-10-24(20)30/h2-14,17-18H,15-16H2,1H3. The van der Waals surface area contributed by atoms with Gasteiger partial charge in [-0.05, 0) is 47.9 Å². The van der Waals surface area contributed by atoms with Crippen molar-refractivity contribution in [3.8, 4) is 22.6 Å². The molecule has 0 N–H and O–H groups in total. The van der Waals surface area contributed by atoms with Crippen LogP contribution >= 0.6 is 0 Å². The Morgan fingerprint density at radius 2 is 1.62 bits per heavy atom. The van der Waals surface area contributed by atoms with Crippen molar-refractivity contribution in [2.45, 2.75) is 6.42 Å². The van der Waals surface area contributed by atoms with E-state index < -0.39 is 0 Å². The lowest BCUT2D eigenvalue weighted by Gasteiger charge is -2.19. The number of para-hydroxylation sites is 1. The van der Waals surface area contributed by atoms with Gasteiger partial charge in [0.25, 0.3) is 0 Å². The highest BCUT2D eigenvalue weighted by Crippen LogP contribution is 2.41. The number of aromatic nitrogens is 3. The van der Waals surface area contributed by atoms with Crippen molar-refractivity contribution in [3.63, 3.8) is 0 Å². The zero-order valence-corrected chi connectivity index (χ0v) is 17.8. The van der Waals surface area contributed by atoms with Crippen LogP contribution < -0.4 is 9.64 Å². The highest BCUT2D eigenvalue weighted by atomic mass is 16.5. The lowest BCUT2D eigenvalue weighted by molar-refractivity contribution is 0.415. The van der Waals surface area contributed by atoms with Crippen LogP contribution in [-0.4, -0.2) is 28.2 Å². The molecular formula is C27H22N4O. The van der Waals surface area contributed by atoms with Crippen molar-refractivity contribution in [1.29, 1.82) is 0 Å². The van der Waals surface area contributed by atoms with Gasteiger partial charge in [0.15, 0.2) is 5.65 Å². The van der Waals surface area contributed by atoms with Gasteiger partial charge in [-0.1, -0.05) is 48.5 Å². The monoisotopic (exact) mass is 418 g/mol. The molecule has 5 heteroatoms. The molecule has 0 fully saturated rings. The lowest BCUT2D eigenvalue weighted by Crippen LogP contribution is -2.15. The number of benzene rings is 3. The second-order valence-corrected chi connectivity index (χ2v) is 7.90. The fraction of sp³-hybridized carbons (Fsp3) is 0.111. The van der Waals surface area contributed by atoms with Gasteiger partial charge in [0.05, 0.1) is 12.5 Å². The van der Waals surface area contributed by atoms with E-state index in [1.165, 1.54) is 11.3 Å². The van der Waals surface area contributed by atoms with E-state index in [1.807, 2.05) is 18.2 Å². The molecule has 0 unspecified atom stereocenters. The first-order valence-corrected chi connectivity index (χ1v) is 10.7. The molecule has 0 bridgehead atoms. The molecule has 2 aromatic heterocycles. The highest BCUT2D eigenvalue weighted by Gasteiger charge is 2.26. The van der Waals surface area contributed by atoms with Crippen molar-refractivity contribution in [1.82, 2.24) is 14.5 Å². The van der Waals surface area contributed by atoms with E-state index >= 15 is 0 Å². The normalized spacial score (nSPS) is 12.8. The summed E-state index contributed by atoms with van der Waals surface area (Å²) in [7, 11) is 1.68. The predicted molar refractivity (Wildman–Crippen MR) is 128 cm³/mol. The van der Waals surface area contributed by atoms with Crippen LogP contribution in [0.3, 0.4) is 0 Å². The minimum Gasteiger partial charge on any atom is -0.497 e. The molecule has 0 radical (unpaired) electrons. The van der Waals surface area contributed by atoms with Gasteiger partial charge in [-0.2, -0.15) is 0 Å². The molecule has 0 saturated carbocycles. The minimum atomic E-state index is 0.831. The molecule has 1 aliphatic rings. The maximum Gasteiger partial charge on any atom is 0.150 e. The quantitative estimate of drug-likeness (QED) is 0.370. The molecule has 6 rings (SSSR count). The number of ether oxygens (including phenoxy) is 1. The van der Waals surface area contributed by atoms with Gasteiger partial charge in [0, 0.05) is 29.7 Å². The molecule has 3 heterocycles. The minimum absolute atomic E-state index is 0.831. The summed E-state index contributed by atoms with van der Waals surface area (Å²) in [5.74, 6) is 1.78. The third-order valence-electron chi connectivity index (χ3n) is 6.14. The summed E-state index contributed by atoms with van der Waals surface area (Å²) in [6.45, 7) is 0.910. The highest BCUT2D eigenvalue weighted by molar-refractivity contribution is 6.03. The fourth-order valence-corrected chi connectivity index (χ4v) is 4.58. The van der Waals surface area contributed by atoms with E-state index in [2.05, 4.69) is 76.3 Å². The van der Waals surface area contributed by atoms with Crippen molar-refractivity contribution in [3.05, 3.63) is 97.0 Å². The van der Waals surface area contributed by atoms with Gasteiger partial charge in [0.1, 0.15) is 17.9 Å². The number of hydrogen-bond acceptors (Lipinski definition) is 4. The molecule has 0 spiro atoms. The number of nitrogens with zero attached hydrogens (tertiary/aromatic N) is 4.